The summed E-state index contributed by atoms with van der Waals surface area (Å²) in [5.41, 5.74) is 0. The SMILES string of the molecule is O=C(CCBr)N1CC2C3C=CC(C3)C2C1. The number of allylic oxidation sites excluding steroid dienone is 2. The van der Waals surface area contributed by atoms with Crippen LogP contribution in [0.4, 0.5) is 0 Å². The first-order valence-corrected chi connectivity index (χ1v) is 6.94. The molecule has 0 aromatic heterocycles. The number of amides is 1. The summed E-state index contributed by atoms with van der Waals surface area (Å²) in [6, 6.07) is 0. The smallest absolute Gasteiger partial charge is 0.223 e. The van der Waals surface area contributed by atoms with Gasteiger partial charge in [-0.3, -0.25) is 4.79 Å². The quantitative estimate of drug-likeness (QED) is 0.555. The fourth-order valence-corrected chi connectivity index (χ4v) is 3.93. The van der Waals surface area contributed by atoms with Gasteiger partial charge in [0.05, 0.1) is 0 Å². The zero-order chi connectivity index (χ0) is 10.4. The van der Waals surface area contributed by atoms with E-state index in [0.29, 0.717) is 12.3 Å². The molecule has 3 aliphatic rings. The van der Waals surface area contributed by atoms with E-state index in [1.54, 1.807) is 0 Å². The predicted molar refractivity (Wildman–Crippen MR) is 62.7 cm³/mol. The molecule has 0 aromatic rings. The molecule has 4 atom stereocenters. The minimum absolute atomic E-state index is 0.334. The Morgan fingerprint density at radius 3 is 2.40 bits per heavy atom. The third kappa shape index (κ3) is 1.47. The summed E-state index contributed by atoms with van der Waals surface area (Å²) in [6.45, 7) is 2.03. The number of rotatable bonds is 2. The number of hydrogen-bond acceptors (Lipinski definition) is 1. The van der Waals surface area contributed by atoms with Gasteiger partial charge in [0.1, 0.15) is 0 Å². The van der Waals surface area contributed by atoms with E-state index in [4.69, 9.17) is 0 Å². The van der Waals surface area contributed by atoms with Gasteiger partial charge >= 0.3 is 0 Å². The molecule has 1 saturated carbocycles. The molecule has 2 bridgehead atoms. The first-order chi connectivity index (χ1) is 7.29. The average molecular weight is 270 g/mol. The van der Waals surface area contributed by atoms with Crippen molar-refractivity contribution in [3.05, 3.63) is 12.2 Å². The monoisotopic (exact) mass is 269 g/mol. The molecule has 4 unspecified atom stereocenters. The number of hydrogen-bond donors (Lipinski definition) is 0. The van der Waals surface area contributed by atoms with Crippen LogP contribution in [0.2, 0.25) is 0 Å². The van der Waals surface area contributed by atoms with Crippen molar-refractivity contribution in [1.82, 2.24) is 4.90 Å². The van der Waals surface area contributed by atoms with E-state index < -0.39 is 0 Å². The number of halogens is 1. The summed E-state index contributed by atoms with van der Waals surface area (Å²) in [5.74, 6) is 3.45. The molecule has 0 aromatic carbocycles. The van der Waals surface area contributed by atoms with Crippen LogP contribution in [0.1, 0.15) is 12.8 Å². The molecule has 2 nitrogen and oxygen atoms in total. The van der Waals surface area contributed by atoms with Crippen molar-refractivity contribution in [1.29, 1.82) is 0 Å². The van der Waals surface area contributed by atoms with Crippen LogP contribution in [-0.4, -0.2) is 29.2 Å². The van der Waals surface area contributed by atoms with E-state index in [0.717, 1.165) is 42.1 Å². The Morgan fingerprint density at radius 1 is 1.27 bits per heavy atom. The molecule has 3 rings (SSSR count). The number of fused-ring (bicyclic) bond motifs is 5. The summed E-state index contributed by atoms with van der Waals surface area (Å²) in [5, 5.41) is 0.794. The van der Waals surface area contributed by atoms with Crippen LogP contribution < -0.4 is 0 Å². The molecule has 82 valence electrons. The third-order valence-corrected chi connectivity index (χ3v) is 4.72. The fraction of sp³-hybridized carbons (Fsp3) is 0.750. The van der Waals surface area contributed by atoms with Gasteiger partial charge in [0.2, 0.25) is 5.91 Å². The van der Waals surface area contributed by atoms with Gasteiger partial charge in [-0.2, -0.15) is 0 Å². The first kappa shape index (κ1) is 9.88. The van der Waals surface area contributed by atoms with E-state index in [9.17, 15) is 4.79 Å². The number of carbonyl (C=O) groups excluding carboxylic acids is 1. The molecule has 1 saturated heterocycles. The first-order valence-electron chi connectivity index (χ1n) is 5.81. The van der Waals surface area contributed by atoms with Gasteiger partial charge in [-0.15, -0.1) is 0 Å². The minimum Gasteiger partial charge on any atom is -0.342 e. The van der Waals surface area contributed by atoms with Crippen LogP contribution in [0.5, 0.6) is 0 Å². The number of alkyl halides is 1. The van der Waals surface area contributed by atoms with Crippen molar-refractivity contribution >= 4 is 21.8 Å². The highest BCUT2D eigenvalue weighted by Crippen LogP contribution is 2.51. The minimum atomic E-state index is 0.334. The Morgan fingerprint density at radius 2 is 1.87 bits per heavy atom. The molecule has 0 N–H and O–H groups in total. The van der Waals surface area contributed by atoms with Crippen LogP contribution >= 0.6 is 15.9 Å². The lowest BCUT2D eigenvalue weighted by atomic mass is 9.86. The molecule has 15 heavy (non-hydrogen) atoms. The van der Waals surface area contributed by atoms with Gasteiger partial charge in [-0.1, -0.05) is 28.1 Å². The molecule has 1 heterocycles. The Labute approximate surface area is 98.8 Å². The van der Waals surface area contributed by atoms with Crippen LogP contribution in [0, 0.1) is 23.7 Å². The van der Waals surface area contributed by atoms with Crippen molar-refractivity contribution in [2.75, 3.05) is 18.4 Å². The zero-order valence-electron chi connectivity index (χ0n) is 8.73. The maximum absolute atomic E-state index is 11.8. The largest absolute Gasteiger partial charge is 0.342 e. The number of carbonyl (C=O) groups is 1. The molecule has 2 fully saturated rings. The second kappa shape index (κ2) is 3.62. The summed E-state index contributed by atoms with van der Waals surface area (Å²) >= 11 is 3.33. The summed E-state index contributed by atoms with van der Waals surface area (Å²) in [7, 11) is 0. The Balaban J connectivity index is 1.68. The van der Waals surface area contributed by atoms with Gasteiger partial charge in [0.15, 0.2) is 0 Å². The normalized spacial score (nSPS) is 41.3. The second-order valence-electron chi connectivity index (χ2n) is 5.01. The van der Waals surface area contributed by atoms with E-state index >= 15 is 0 Å². The lowest BCUT2D eigenvalue weighted by Crippen LogP contribution is -2.30. The highest BCUT2D eigenvalue weighted by atomic mass is 79.9. The molecule has 0 spiro atoms. The van der Waals surface area contributed by atoms with Gasteiger partial charge < -0.3 is 4.90 Å². The van der Waals surface area contributed by atoms with E-state index in [2.05, 4.69) is 33.0 Å². The zero-order valence-corrected chi connectivity index (χ0v) is 10.3. The Kier molecular flexibility index (Phi) is 2.38. The standard InChI is InChI=1S/C12H16BrNO/c13-4-3-12(15)14-6-10-8-1-2-9(5-8)11(10)7-14/h1-2,8-11H,3-7H2. The molecule has 0 radical (unpaired) electrons. The third-order valence-electron chi connectivity index (χ3n) is 4.32. The maximum Gasteiger partial charge on any atom is 0.223 e. The van der Waals surface area contributed by atoms with E-state index in [1.165, 1.54) is 6.42 Å². The number of nitrogens with zero attached hydrogens (tertiary/aromatic N) is 1. The van der Waals surface area contributed by atoms with Crippen molar-refractivity contribution in [3.63, 3.8) is 0 Å². The summed E-state index contributed by atoms with van der Waals surface area (Å²) < 4.78 is 0. The maximum atomic E-state index is 11.8. The molecule has 2 aliphatic carbocycles. The van der Waals surface area contributed by atoms with Crippen LogP contribution in [0.25, 0.3) is 0 Å². The molecule has 1 aliphatic heterocycles. The second-order valence-corrected chi connectivity index (χ2v) is 5.81. The van der Waals surface area contributed by atoms with Gasteiger partial charge in [0.25, 0.3) is 0 Å². The fourth-order valence-electron chi connectivity index (χ4n) is 3.59. The summed E-state index contributed by atoms with van der Waals surface area (Å²) in [4.78, 5) is 13.9. The van der Waals surface area contributed by atoms with E-state index in [1.807, 2.05) is 0 Å². The topological polar surface area (TPSA) is 20.3 Å². The van der Waals surface area contributed by atoms with Crippen molar-refractivity contribution in [2.24, 2.45) is 23.7 Å². The van der Waals surface area contributed by atoms with Gasteiger partial charge in [-0.05, 0) is 30.1 Å². The van der Waals surface area contributed by atoms with Gasteiger partial charge in [-0.25, -0.2) is 0 Å². The molecule has 1 amide bonds. The van der Waals surface area contributed by atoms with Crippen LogP contribution in [0.3, 0.4) is 0 Å². The van der Waals surface area contributed by atoms with Crippen molar-refractivity contribution in [3.8, 4) is 0 Å². The highest BCUT2D eigenvalue weighted by Gasteiger charge is 2.49. The van der Waals surface area contributed by atoms with Crippen molar-refractivity contribution < 1.29 is 4.79 Å². The van der Waals surface area contributed by atoms with Crippen molar-refractivity contribution in [2.45, 2.75) is 12.8 Å². The van der Waals surface area contributed by atoms with E-state index in [-0.39, 0.29) is 0 Å². The summed E-state index contributed by atoms with van der Waals surface area (Å²) in [6.07, 6.45) is 6.77. The molecule has 3 heteroatoms. The number of likely N-dealkylation sites (tertiary alicyclic amines) is 1. The Hall–Kier alpha value is -0.310. The predicted octanol–water partition coefficient (Wildman–Crippen LogP) is 2.05. The van der Waals surface area contributed by atoms with Crippen LogP contribution in [-0.2, 0) is 4.79 Å². The lowest BCUT2D eigenvalue weighted by Gasteiger charge is -2.17. The Bertz CT molecular complexity index is 295. The van der Waals surface area contributed by atoms with Gasteiger partial charge in [0, 0.05) is 24.8 Å². The molecular formula is C12H16BrNO. The molecular weight excluding hydrogens is 254 g/mol. The average Bonchev–Trinajstić information content (AvgIpc) is 2.90. The van der Waals surface area contributed by atoms with Crippen LogP contribution in [0.15, 0.2) is 12.2 Å². The lowest BCUT2D eigenvalue weighted by molar-refractivity contribution is -0.130. The highest BCUT2D eigenvalue weighted by molar-refractivity contribution is 9.09.